The topological polar surface area (TPSA) is 0 Å². The molecule has 4 rings (SSSR count). The highest BCUT2D eigenvalue weighted by Gasteiger charge is 2.40. The standard InChI is InChI=1S/C33H52Cl2/c1-7-31-23(5)15-29(19-30(31)17-26-11-9-21(3)13-33(26)35)28-14-22(4)24(6)27(18-28)16-25-10-8-20(2)12-32(25)34/h9,11-12,18,20-27,29-31,33H,7-8,10,13-17,19H2,1-6H3. The van der Waals surface area contributed by atoms with Crippen LogP contribution in [0.3, 0.4) is 0 Å². The fourth-order valence-corrected chi connectivity index (χ4v) is 9.26. The lowest BCUT2D eigenvalue weighted by Crippen LogP contribution is -2.36. The van der Waals surface area contributed by atoms with E-state index >= 15 is 0 Å². The number of hydrogen-bond acceptors (Lipinski definition) is 0. The van der Waals surface area contributed by atoms with E-state index in [1.54, 1.807) is 5.57 Å². The molecule has 0 amide bonds. The van der Waals surface area contributed by atoms with Gasteiger partial charge in [0.2, 0.25) is 0 Å². The van der Waals surface area contributed by atoms with E-state index < -0.39 is 0 Å². The molecule has 0 N–H and O–H groups in total. The molecule has 0 aromatic heterocycles. The third-order valence-corrected chi connectivity index (χ3v) is 11.8. The van der Waals surface area contributed by atoms with Crippen molar-refractivity contribution in [3.63, 3.8) is 0 Å². The van der Waals surface area contributed by atoms with Crippen molar-refractivity contribution in [1.82, 2.24) is 0 Å². The molecular weight excluding hydrogens is 467 g/mol. The normalized spacial score (nSPS) is 46.7. The quantitative estimate of drug-likeness (QED) is 0.242. The number of alkyl halides is 1. The Hall–Kier alpha value is -0.200. The second kappa shape index (κ2) is 12.1. The third kappa shape index (κ3) is 6.63. The van der Waals surface area contributed by atoms with Gasteiger partial charge in [-0.3, -0.25) is 0 Å². The average Bonchev–Trinajstić information content (AvgIpc) is 2.80. The first-order chi connectivity index (χ1) is 16.7. The molecule has 0 aromatic rings. The van der Waals surface area contributed by atoms with Gasteiger partial charge in [0.15, 0.2) is 0 Å². The minimum atomic E-state index is 0.318. The number of hydrogen-bond donors (Lipinski definition) is 0. The molecule has 0 heterocycles. The van der Waals surface area contributed by atoms with Gasteiger partial charge < -0.3 is 0 Å². The highest BCUT2D eigenvalue weighted by atomic mass is 35.5. The van der Waals surface area contributed by atoms with Crippen LogP contribution in [-0.4, -0.2) is 5.38 Å². The van der Waals surface area contributed by atoms with E-state index in [4.69, 9.17) is 23.2 Å². The molecular formula is C33H52Cl2. The first-order valence-electron chi connectivity index (χ1n) is 15.1. The van der Waals surface area contributed by atoms with Crippen molar-refractivity contribution in [2.24, 2.45) is 65.1 Å². The number of rotatable bonds is 6. The summed E-state index contributed by atoms with van der Waals surface area (Å²) in [4.78, 5) is 0. The predicted octanol–water partition coefficient (Wildman–Crippen LogP) is 10.7. The molecule has 0 aromatic carbocycles. The first-order valence-corrected chi connectivity index (χ1v) is 15.9. The maximum absolute atomic E-state index is 6.90. The lowest BCUT2D eigenvalue weighted by atomic mass is 9.60. The van der Waals surface area contributed by atoms with E-state index in [2.05, 4.69) is 65.8 Å². The maximum atomic E-state index is 6.90. The Morgan fingerprint density at radius 2 is 1.60 bits per heavy atom. The van der Waals surface area contributed by atoms with Crippen LogP contribution < -0.4 is 0 Å². The molecule has 4 aliphatic carbocycles. The molecule has 1 saturated carbocycles. The molecule has 0 radical (unpaired) electrons. The summed E-state index contributed by atoms with van der Waals surface area (Å²) in [5, 5.41) is 1.46. The monoisotopic (exact) mass is 518 g/mol. The van der Waals surface area contributed by atoms with Crippen LogP contribution in [0, 0.1) is 65.1 Å². The minimum Gasteiger partial charge on any atom is -0.122 e. The van der Waals surface area contributed by atoms with E-state index in [-0.39, 0.29) is 0 Å². The molecule has 0 aliphatic heterocycles. The van der Waals surface area contributed by atoms with Crippen LogP contribution in [0.1, 0.15) is 99.3 Å². The number of allylic oxidation sites excluding steroid dienone is 6. The van der Waals surface area contributed by atoms with Crippen molar-refractivity contribution in [2.75, 3.05) is 0 Å². The molecule has 0 saturated heterocycles. The van der Waals surface area contributed by atoms with Gasteiger partial charge in [0.25, 0.3) is 0 Å². The summed E-state index contributed by atoms with van der Waals surface area (Å²) in [7, 11) is 0. The van der Waals surface area contributed by atoms with Crippen molar-refractivity contribution in [3.8, 4) is 0 Å². The zero-order chi connectivity index (χ0) is 25.3. The van der Waals surface area contributed by atoms with Crippen LogP contribution >= 0.6 is 23.2 Å². The van der Waals surface area contributed by atoms with Gasteiger partial charge in [-0.15, -0.1) is 11.6 Å². The van der Waals surface area contributed by atoms with Gasteiger partial charge in [0, 0.05) is 10.4 Å². The molecule has 0 bridgehead atoms. The van der Waals surface area contributed by atoms with Gasteiger partial charge in [0.05, 0.1) is 0 Å². The average molecular weight is 520 g/mol. The Labute approximate surface area is 227 Å². The summed E-state index contributed by atoms with van der Waals surface area (Å²) < 4.78 is 0. The molecule has 0 spiro atoms. The summed E-state index contributed by atoms with van der Waals surface area (Å²) in [5.41, 5.74) is 1.80. The van der Waals surface area contributed by atoms with E-state index in [9.17, 15) is 0 Å². The van der Waals surface area contributed by atoms with E-state index in [0.717, 1.165) is 47.0 Å². The molecule has 1 fully saturated rings. The van der Waals surface area contributed by atoms with Gasteiger partial charge in [-0.25, -0.2) is 0 Å². The summed E-state index contributed by atoms with van der Waals surface area (Å²) in [5.74, 6) is 7.89. The van der Waals surface area contributed by atoms with Crippen molar-refractivity contribution in [2.45, 2.75) is 105 Å². The SMILES string of the molecule is CCC1C(C)CC(C2=CC(CC3CCC(C)C=C3Cl)C(C)C(C)C2)CC1CC1C=CC(C)CC1Cl. The third-order valence-electron chi connectivity index (χ3n) is 10.8. The predicted molar refractivity (Wildman–Crippen MR) is 155 cm³/mol. The van der Waals surface area contributed by atoms with Crippen LogP contribution in [0.2, 0.25) is 0 Å². The van der Waals surface area contributed by atoms with Gasteiger partial charge in [-0.05, 0) is 116 Å². The Morgan fingerprint density at radius 1 is 0.829 bits per heavy atom. The van der Waals surface area contributed by atoms with E-state index in [0.29, 0.717) is 35.0 Å². The van der Waals surface area contributed by atoms with Crippen LogP contribution in [0.25, 0.3) is 0 Å². The van der Waals surface area contributed by atoms with Crippen LogP contribution in [0.4, 0.5) is 0 Å². The van der Waals surface area contributed by atoms with Crippen molar-refractivity contribution in [3.05, 3.63) is 34.9 Å². The van der Waals surface area contributed by atoms with Crippen LogP contribution in [0.15, 0.2) is 34.9 Å². The van der Waals surface area contributed by atoms with Crippen LogP contribution in [0.5, 0.6) is 0 Å². The molecule has 0 nitrogen and oxygen atoms in total. The molecule has 198 valence electrons. The molecule has 4 aliphatic rings. The smallest absolute Gasteiger partial charge is 0.0404 e. The van der Waals surface area contributed by atoms with Gasteiger partial charge in [-0.2, -0.15) is 0 Å². The second-order valence-corrected chi connectivity index (χ2v) is 14.5. The lowest BCUT2D eigenvalue weighted by molar-refractivity contribution is 0.102. The van der Waals surface area contributed by atoms with Crippen molar-refractivity contribution < 1.29 is 0 Å². The van der Waals surface area contributed by atoms with Crippen molar-refractivity contribution >= 4 is 23.2 Å². The largest absolute Gasteiger partial charge is 0.122 e. The Kier molecular flexibility index (Phi) is 9.63. The Balaban J connectivity index is 1.50. The summed E-state index contributed by atoms with van der Waals surface area (Å²) in [6.45, 7) is 14.6. The van der Waals surface area contributed by atoms with Crippen molar-refractivity contribution in [1.29, 1.82) is 0 Å². The maximum Gasteiger partial charge on any atom is 0.0404 e. The second-order valence-electron chi connectivity index (χ2n) is 13.5. The van der Waals surface area contributed by atoms with Gasteiger partial charge >= 0.3 is 0 Å². The lowest BCUT2D eigenvalue weighted by Gasteiger charge is -2.45. The molecule has 2 heteroatoms. The highest BCUT2D eigenvalue weighted by Crippen LogP contribution is 2.50. The summed E-state index contributed by atoms with van der Waals surface area (Å²) >= 11 is 13.7. The molecule has 35 heavy (non-hydrogen) atoms. The number of halogens is 2. The summed E-state index contributed by atoms with van der Waals surface area (Å²) in [6, 6.07) is 0. The van der Waals surface area contributed by atoms with E-state index in [1.807, 2.05) is 0 Å². The summed E-state index contributed by atoms with van der Waals surface area (Å²) in [6.07, 6.45) is 21.6. The van der Waals surface area contributed by atoms with Gasteiger partial charge in [0.1, 0.15) is 0 Å². The minimum absolute atomic E-state index is 0.318. The Morgan fingerprint density at radius 3 is 2.29 bits per heavy atom. The fraction of sp³-hybridized carbons (Fsp3) is 0.818. The van der Waals surface area contributed by atoms with Crippen LogP contribution in [-0.2, 0) is 0 Å². The van der Waals surface area contributed by atoms with E-state index in [1.165, 1.54) is 51.4 Å². The zero-order valence-corrected chi connectivity index (χ0v) is 24.9. The highest BCUT2D eigenvalue weighted by molar-refractivity contribution is 6.29. The first kappa shape index (κ1) is 27.8. The zero-order valence-electron chi connectivity index (χ0n) is 23.4. The molecule has 12 unspecified atom stereocenters. The Bertz CT molecular complexity index is 793. The van der Waals surface area contributed by atoms with Gasteiger partial charge in [-0.1, -0.05) is 89.4 Å². The molecule has 12 atom stereocenters. The fourth-order valence-electron chi connectivity index (χ4n) is 8.38.